The summed E-state index contributed by atoms with van der Waals surface area (Å²) in [5.74, 6) is -0.888. The van der Waals surface area contributed by atoms with Crippen LogP contribution in [0, 0.1) is 0 Å². The topological polar surface area (TPSA) is 83.1 Å². The Bertz CT molecular complexity index is 1200. The predicted molar refractivity (Wildman–Crippen MR) is 133 cm³/mol. The molecule has 0 radical (unpaired) electrons. The van der Waals surface area contributed by atoms with Gasteiger partial charge in [-0.2, -0.15) is 0 Å². The molecule has 2 aliphatic rings. The molecule has 0 atom stereocenters. The van der Waals surface area contributed by atoms with E-state index in [1.807, 2.05) is 48.5 Å². The number of aromatic nitrogens is 1. The highest BCUT2D eigenvalue weighted by atomic mass is 32.1. The summed E-state index contributed by atoms with van der Waals surface area (Å²) in [6.07, 6.45) is 1.69. The first-order valence-corrected chi connectivity index (χ1v) is 12.6. The molecule has 0 unspecified atom stereocenters. The summed E-state index contributed by atoms with van der Waals surface area (Å²) in [7, 11) is 1.26. The van der Waals surface area contributed by atoms with Gasteiger partial charge in [-0.1, -0.05) is 42.5 Å². The van der Waals surface area contributed by atoms with E-state index in [1.54, 1.807) is 16.2 Å². The Morgan fingerprint density at radius 2 is 1.77 bits per heavy atom. The number of carbonyl (C=O) groups excluding carboxylic acids is 3. The molecule has 2 saturated heterocycles. The molecule has 2 fully saturated rings. The van der Waals surface area contributed by atoms with Crippen molar-refractivity contribution < 1.29 is 19.1 Å². The summed E-state index contributed by atoms with van der Waals surface area (Å²) in [6, 6.07) is 17.6. The molecule has 2 aliphatic heterocycles. The number of likely N-dealkylation sites (tertiary alicyclic amines) is 1. The number of methoxy groups -OCH3 is 1. The molecular weight excluding hydrogens is 464 g/mol. The molecule has 0 N–H and O–H groups in total. The van der Waals surface area contributed by atoms with Crippen LogP contribution in [-0.2, 0) is 27.3 Å². The van der Waals surface area contributed by atoms with Crippen molar-refractivity contribution in [2.45, 2.75) is 31.3 Å². The summed E-state index contributed by atoms with van der Waals surface area (Å²) in [6.45, 7) is 2.12. The molecule has 35 heavy (non-hydrogen) atoms. The molecule has 8 nitrogen and oxygen atoms in total. The van der Waals surface area contributed by atoms with E-state index < -0.39 is 17.5 Å². The maximum atomic E-state index is 13.6. The number of benzene rings is 2. The maximum absolute atomic E-state index is 13.6. The highest BCUT2D eigenvalue weighted by molar-refractivity contribution is 7.18. The van der Waals surface area contributed by atoms with Gasteiger partial charge in [0.2, 0.25) is 0 Å². The number of amides is 3. The molecule has 9 heteroatoms. The van der Waals surface area contributed by atoms with Crippen molar-refractivity contribution in [1.82, 2.24) is 19.7 Å². The van der Waals surface area contributed by atoms with Gasteiger partial charge in [0.25, 0.3) is 5.91 Å². The van der Waals surface area contributed by atoms with E-state index in [4.69, 9.17) is 9.72 Å². The molecule has 3 heterocycles. The van der Waals surface area contributed by atoms with Crippen LogP contribution < -0.4 is 0 Å². The van der Waals surface area contributed by atoms with Gasteiger partial charge in [-0.25, -0.2) is 9.78 Å². The van der Waals surface area contributed by atoms with Crippen LogP contribution in [0.1, 0.15) is 23.4 Å². The third-order valence-electron chi connectivity index (χ3n) is 6.98. The molecule has 2 aromatic carbocycles. The van der Waals surface area contributed by atoms with Crippen molar-refractivity contribution >= 4 is 39.5 Å². The van der Waals surface area contributed by atoms with Gasteiger partial charge >= 0.3 is 12.0 Å². The first-order valence-electron chi connectivity index (χ1n) is 11.8. The Kier molecular flexibility index (Phi) is 6.53. The minimum atomic E-state index is -0.927. The number of rotatable bonds is 7. The van der Waals surface area contributed by atoms with Gasteiger partial charge in [0.05, 0.1) is 23.9 Å². The normalized spacial score (nSPS) is 18.1. The van der Waals surface area contributed by atoms with Gasteiger partial charge in [-0.3, -0.25) is 19.4 Å². The first kappa shape index (κ1) is 23.4. The Hall–Kier alpha value is -3.30. The Morgan fingerprint density at radius 3 is 2.49 bits per heavy atom. The number of piperidine rings is 1. The van der Waals surface area contributed by atoms with Gasteiger partial charge < -0.3 is 9.64 Å². The number of esters is 1. The lowest BCUT2D eigenvalue weighted by Crippen LogP contribution is -2.56. The number of urea groups is 1. The highest BCUT2D eigenvalue weighted by Crippen LogP contribution is 2.38. The quantitative estimate of drug-likeness (QED) is 0.372. The molecular formula is C26H28N4O4S. The standard InChI is InChI=1S/C26H28N4O4S/c1-34-23(31)18-29-24(32)26(30(25(29)33)14-11-19-7-3-2-4-8-19)12-15-28(16-13-26)17-22-27-20-9-5-6-10-21(20)35-22/h2-10H,11-18H2,1H3. The third kappa shape index (κ3) is 4.53. The minimum Gasteiger partial charge on any atom is -0.468 e. The van der Waals surface area contributed by atoms with Gasteiger partial charge in [0, 0.05) is 19.6 Å². The zero-order valence-corrected chi connectivity index (χ0v) is 20.5. The fourth-order valence-corrected chi connectivity index (χ4v) is 6.06. The van der Waals surface area contributed by atoms with E-state index >= 15 is 0 Å². The van der Waals surface area contributed by atoms with Crippen LogP contribution in [0.4, 0.5) is 4.79 Å². The second-order valence-corrected chi connectivity index (χ2v) is 10.1. The predicted octanol–water partition coefficient (Wildman–Crippen LogP) is 3.31. The first-order chi connectivity index (χ1) is 17.0. The number of thiazole rings is 1. The SMILES string of the molecule is COC(=O)CN1C(=O)N(CCc2ccccc2)C2(CCN(Cc3nc4ccccc4s3)CC2)C1=O. The molecule has 0 aliphatic carbocycles. The molecule has 0 bridgehead atoms. The summed E-state index contributed by atoms with van der Waals surface area (Å²) < 4.78 is 5.90. The van der Waals surface area contributed by atoms with Gasteiger partial charge in [-0.15, -0.1) is 11.3 Å². The van der Waals surface area contributed by atoms with Crippen LogP contribution in [0.25, 0.3) is 10.2 Å². The van der Waals surface area contributed by atoms with E-state index in [0.29, 0.717) is 45.4 Å². The number of ether oxygens (including phenoxy) is 1. The summed E-state index contributed by atoms with van der Waals surface area (Å²) in [4.78, 5) is 48.7. The van der Waals surface area contributed by atoms with Gasteiger partial charge in [0.15, 0.2) is 0 Å². The zero-order chi connectivity index (χ0) is 24.4. The van der Waals surface area contributed by atoms with E-state index in [9.17, 15) is 14.4 Å². The van der Waals surface area contributed by atoms with E-state index in [1.165, 1.54) is 7.11 Å². The Morgan fingerprint density at radius 1 is 1.06 bits per heavy atom. The molecule has 1 spiro atoms. The highest BCUT2D eigenvalue weighted by Gasteiger charge is 2.58. The van der Waals surface area contributed by atoms with Crippen molar-refractivity contribution in [3.63, 3.8) is 0 Å². The van der Waals surface area contributed by atoms with Crippen LogP contribution in [0.3, 0.4) is 0 Å². The molecule has 5 rings (SSSR count). The van der Waals surface area contributed by atoms with Gasteiger partial charge in [0.1, 0.15) is 17.1 Å². The lowest BCUT2D eigenvalue weighted by atomic mass is 9.85. The van der Waals surface area contributed by atoms with Crippen LogP contribution in [-0.4, -0.2) is 76.4 Å². The fourth-order valence-electron chi connectivity index (χ4n) is 5.05. The lowest BCUT2D eigenvalue weighted by Gasteiger charge is -2.42. The number of hydrogen-bond donors (Lipinski definition) is 0. The molecule has 182 valence electrons. The third-order valence-corrected chi connectivity index (χ3v) is 8.00. The maximum Gasteiger partial charge on any atom is 0.328 e. The molecule has 3 amide bonds. The number of nitrogens with zero attached hydrogens (tertiary/aromatic N) is 4. The molecule has 3 aromatic rings. The van der Waals surface area contributed by atoms with E-state index in [-0.39, 0.29) is 12.5 Å². The van der Waals surface area contributed by atoms with Crippen molar-refractivity contribution in [3.8, 4) is 0 Å². The second-order valence-electron chi connectivity index (χ2n) is 9.02. The van der Waals surface area contributed by atoms with Crippen LogP contribution in [0.15, 0.2) is 54.6 Å². The largest absolute Gasteiger partial charge is 0.468 e. The molecule has 0 saturated carbocycles. The van der Waals surface area contributed by atoms with Crippen molar-refractivity contribution in [2.75, 3.05) is 33.3 Å². The van der Waals surface area contributed by atoms with Crippen LogP contribution in [0.2, 0.25) is 0 Å². The average Bonchev–Trinajstić information content (AvgIpc) is 3.37. The lowest BCUT2D eigenvalue weighted by molar-refractivity contribution is -0.146. The monoisotopic (exact) mass is 492 g/mol. The smallest absolute Gasteiger partial charge is 0.328 e. The zero-order valence-electron chi connectivity index (χ0n) is 19.7. The summed E-state index contributed by atoms with van der Waals surface area (Å²) in [5.41, 5.74) is 1.18. The van der Waals surface area contributed by atoms with E-state index in [0.717, 1.165) is 25.7 Å². The second kappa shape index (κ2) is 9.75. The summed E-state index contributed by atoms with van der Waals surface area (Å²) >= 11 is 1.69. The number of imide groups is 1. The van der Waals surface area contributed by atoms with Crippen LogP contribution >= 0.6 is 11.3 Å². The van der Waals surface area contributed by atoms with Crippen molar-refractivity contribution in [2.24, 2.45) is 0 Å². The Balaban J connectivity index is 1.32. The number of para-hydroxylation sites is 1. The number of fused-ring (bicyclic) bond motifs is 1. The van der Waals surface area contributed by atoms with Crippen LogP contribution in [0.5, 0.6) is 0 Å². The Labute approximate surface area is 208 Å². The number of carbonyl (C=O) groups is 3. The van der Waals surface area contributed by atoms with Crippen molar-refractivity contribution in [3.05, 3.63) is 65.2 Å². The van der Waals surface area contributed by atoms with E-state index in [2.05, 4.69) is 11.0 Å². The molecule has 1 aromatic heterocycles. The summed E-state index contributed by atoms with van der Waals surface area (Å²) in [5, 5.41) is 1.05. The minimum absolute atomic E-state index is 0.291. The van der Waals surface area contributed by atoms with Crippen molar-refractivity contribution in [1.29, 1.82) is 0 Å². The fraction of sp³-hybridized carbons (Fsp3) is 0.385. The number of hydrogen-bond acceptors (Lipinski definition) is 7. The van der Waals surface area contributed by atoms with Gasteiger partial charge in [-0.05, 0) is 37.0 Å². The average molecular weight is 493 g/mol.